The maximum Gasteiger partial charge on any atom is 0.446 e. The Morgan fingerprint density at radius 1 is 1.05 bits per heavy atom. The van der Waals surface area contributed by atoms with E-state index in [1.807, 2.05) is 13.0 Å². The highest BCUT2D eigenvalue weighted by Crippen LogP contribution is 2.27. The van der Waals surface area contributed by atoms with Crippen molar-refractivity contribution in [1.82, 2.24) is 0 Å². The van der Waals surface area contributed by atoms with Crippen molar-refractivity contribution in [2.75, 3.05) is 5.73 Å². The van der Waals surface area contributed by atoms with Crippen molar-refractivity contribution in [3.8, 4) is 5.75 Å². The summed E-state index contributed by atoms with van der Waals surface area (Å²) in [5.74, 6) is 0.00211. The number of benzene rings is 2. The van der Waals surface area contributed by atoms with Gasteiger partial charge in [-0.15, -0.1) is 0 Å². The lowest BCUT2D eigenvalue weighted by molar-refractivity contribution is 0.386. The van der Waals surface area contributed by atoms with E-state index in [-0.39, 0.29) is 5.75 Å². The van der Waals surface area contributed by atoms with Crippen LogP contribution in [0.2, 0.25) is 0 Å². The molecule has 8 heteroatoms. The number of azo groups is 1. The SMILES string of the molecule is Cc1cc(N=Nc2ccc(OS(=O)(=O)O)cc2C)ccc1N. The van der Waals surface area contributed by atoms with Crippen LogP contribution in [-0.4, -0.2) is 13.0 Å². The Morgan fingerprint density at radius 2 is 1.77 bits per heavy atom. The minimum absolute atomic E-state index is 0.00211. The summed E-state index contributed by atoms with van der Waals surface area (Å²) in [6, 6.07) is 9.67. The molecule has 0 aliphatic carbocycles. The summed E-state index contributed by atoms with van der Waals surface area (Å²) in [7, 11) is -4.54. The first kappa shape index (κ1) is 15.9. The smallest absolute Gasteiger partial charge is 0.399 e. The summed E-state index contributed by atoms with van der Waals surface area (Å²) < 4.78 is 34.3. The van der Waals surface area contributed by atoms with Crippen LogP contribution in [0.5, 0.6) is 5.75 Å². The molecule has 0 aliphatic heterocycles. The fourth-order valence-electron chi connectivity index (χ4n) is 1.75. The number of nitrogen functional groups attached to an aromatic ring is 1. The molecule has 0 unspecified atom stereocenters. The van der Waals surface area contributed by atoms with Gasteiger partial charge in [0.2, 0.25) is 0 Å². The molecule has 0 atom stereocenters. The summed E-state index contributed by atoms with van der Waals surface area (Å²) in [4.78, 5) is 0. The predicted molar refractivity (Wildman–Crippen MR) is 83.1 cm³/mol. The van der Waals surface area contributed by atoms with E-state index in [1.54, 1.807) is 25.1 Å². The number of nitrogens with zero attached hydrogens (tertiary/aromatic N) is 2. The van der Waals surface area contributed by atoms with Gasteiger partial charge in [-0.25, -0.2) is 0 Å². The van der Waals surface area contributed by atoms with Crippen LogP contribution in [0.25, 0.3) is 0 Å². The van der Waals surface area contributed by atoms with Gasteiger partial charge in [0.1, 0.15) is 5.75 Å². The molecule has 7 nitrogen and oxygen atoms in total. The molecular weight excluding hydrogens is 306 g/mol. The molecule has 0 aromatic heterocycles. The van der Waals surface area contributed by atoms with Crippen molar-refractivity contribution in [2.24, 2.45) is 10.2 Å². The van der Waals surface area contributed by atoms with E-state index in [0.29, 0.717) is 22.6 Å². The average molecular weight is 321 g/mol. The van der Waals surface area contributed by atoms with Crippen molar-refractivity contribution >= 4 is 27.5 Å². The van der Waals surface area contributed by atoms with Gasteiger partial charge in [-0.2, -0.15) is 18.6 Å². The monoisotopic (exact) mass is 321 g/mol. The molecule has 2 rings (SSSR count). The van der Waals surface area contributed by atoms with Crippen molar-refractivity contribution < 1.29 is 17.2 Å². The molecule has 0 saturated heterocycles. The lowest BCUT2D eigenvalue weighted by Gasteiger charge is -2.04. The van der Waals surface area contributed by atoms with Crippen LogP contribution in [0.3, 0.4) is 0 Å². The van der Waals surface area contributed by atoms with Gasteiger partial charge in [-0.05, 0) is 61.4 Å². The third-order valence-corrected chi connectivity index (χ3v) is 3.30. The fraction of sp³-hybridized carbons (Fsp3) is 0.143. The molecule has 0 saturated carbocycles. The lowest BCUT2D eigenvalue weighted by Crippen LogP contribution is -2.06. The second-order valence-electron chi connectivity index (χ2n) is 4.70. The summed E-state index contributed by atoms with van der Waals surface area (Å²) in [5, 5.41) is 8.21. The van der Waals surface area contributed by atoms with Crippen LogP contribution in [-0.2, 0) is 10.4 Å². The van der Waals surface area contributed by atoms with Crippen molar-refractivity contribution in [2.45, 2.75) is 13.8 Å². The second-order valence-corrected chi connectivity index (χ2v) is 5.72. The Hall–Kier alpha value is -2.45. The lowest BCUT2D eigenvalue weighted by atomic mass is 10.2. The quantitative estimate of drug-likeness (QED) is 0.508. The normalized spacial score (nSPS) is 11.8. The number of hydrogen-bond donors (Lipinski definition) is 2. The van der Waals surface area contributed by atoms with E-state index >= 15 is 0 Å². The van der Waals surface area contributed by atoms with E-state index < -0.39 is 10.4 Å². The zero-order valence-corrected chi connectivity index (χ0v) is 12.8. The van der Waals surface area contributed by atoms with Gasteiger partial charge in [0.25, 0.3) is 0 Å². The molecule has 0 fully saturated rings. The molecule has 0 aliphatic rings. The molecule has 0 amide bonds. The van der Waals surface area contributed by atoms with Crippen molar-refractivity contribution in [3.05, 3.63) is 47.5 Å². The molecular formula is C14H15N3O4S. The number of aryl methyl sites for hydroxylation is 2. The molecule has 2 aromatic rings. The van der Waals surface area contributed by atoms with Gasteiger partial charge in [0.15, 0.2) is 0 Å². The van der Waals surface area contributed by atoms with E-state index in [9.17, 15) is 8.42 Å². The van der Waals surface area contributed by atoms with Gasteiger partial charge in [-0.3, -0.25) is 4.55 Å². The average Bonchev–Trinajstić information content (AvgIpc) is 2.40. The van der Waals surface area contributed by atoms with E-state index in [2.05, 4.69) is 14.4 Å². The molecule has 0 spiro atoms. The van der Waals surface area contributed by atoms with Crippen molar-refractivity contribution in [3.63, 3.8) is 0 Å². The second kappa shape index (κ2) is 6.12. The minimum atomic E-state index is -4.54. The first-order valence-corrected chi connectivity index (χ1v) is 7.66. The van der Waals surface area contributed by atoms with E-state index in [0.717, 1.165) is 5.56 Å². The van der Waals surface area contributed by atoms with Gasteiger partial charge >= 0.3 is 10.4 Å². The molecule has 3 N–H and O–H groups in total. The molecule has 0 radical (unpaired) electrons. The van der Waals surface area contributed by atoms with Crippen LogP contribution in [0.1, 0.15) is 11.1 Å². The Balaban J connectivity index is 2.22. The molecule has 22 heavy (non-hydrogen) atoms. The zero-order valence-electron chi connectivity index (χ0n) is 12.0. The number of hydrogen-bond acceptors (Lipinski definition) is 6. The van der Waals surface area contributed by atoms with Crippen LogP contribution in [0, 0.1) is 13.8 Å². The Kier molecular flexibility index (Phi) is 4.43. The van der Waals surface area contributed by atoms with E-state index in [4.69, 9.17) is 10.3 Å². The highest BCUT2D eigenvalue weighted by atomic mass is 32.3. The summed E-state index contributed by atoms with van der Waals surface area (Å²) in [6.45, 7) is 3.60. The number of nitrogens with two attached hydrogens (primary N) is 1. The largest absolute Gasteiger partial charge is 0.446 e. The molecule has 0 heterocycles. The third-order valence-electron chi connectivity index (χ3n) is 2.90. The maximum absolute atomic E-state index is 10.6. The Morgan fingerprint density at radius 3 is 2.36 bits per heavy atom. The number of rotatable bonds is 4. The van der Waals surface area contributed by atoms with E-state index in [1.165, 1.54) is 12.1 Å². The molecule has 0 bridgehead atoms. The summed E-state index contributed by atoms with van der Waals surface area (Å²) >= 11 is 0. The maximum atomic E-state index is 10.6. The van der Waals surface area contributed by atoms with Crippen molar-refractivity contribution in [1.29, 1.82) is 0 Å². The fourth-order valence-corrected chi connectivity index (χ4v) is 2.09. The predicted octanol–water partition coefficient (Wildman–Crippen LogP) is 3.48. The number of anilines is 1. The minimum Gasteiger partial charge on any atom is -0.399 e. The first-order chi connectivity index (χ1) is 10.2. The van der Waals surface area contributed by atoms with Crippen LogP contribution < -0.4 is 9.92 Å². The summed E-state index contributed by atoms with van der Waals surface area (Å²) in [6.07, 6.45) is 0. The Bertz CT molecular complexity index is 832. The van der Waals surface area contributed by atoms with Gasteiger partial charge in [0.05, 0.1) is 11.4 Å². The van der Waals surface area contributed by atoms with Crippen LogP contribution >= 0.6 is 0 Å². The highest BCUT2D eigenvalue weighted by Gasteiger charge is 2.08. The van der Waals surface area contributed by atoms with Gasteiger partial charge in [0, 0.05) is 5.69 Å². The topological polar surface area (TPSA) is 114 Å². The van der Waals surface area contributed by atoms with Gasteiger partial charge < -0.3 is 9.92 Å². The molecule has 2 aromatic carbocycles. The standard InChI is InChI=1S/C14H15N3O4S/c1-9-7-11(3-5-13(9)15)16-17-14-6-4-12(8-10(14)2)21-22(18,19)20/h3-8H,15H2,1-2H3,(H,18,19,20). The highest BCUT2D eigenvalue weighted by molar-refractivity contribution is 7.81. The summed E-state index contributed by atoms with van der Waals surface area (Å²) in [5.41, 5.74) is 9.18. The van der Waals surface area contributed by atoms with Crippen LogP contribution in [0.15, 0.2) is 46.6 Å². The Labute approximate surface area is 128 Å². The van der Waals surface area contributed by atoms with Crippen LogP contribution in [0.4, 0.5) is 17.1 Å². The first-order valence-electron chi connectivity index (χ1n) is 6.30. The molecule has 116 valence electrons. The van der Waals surface area contributed by atoms with Gasteiger partial charge in [-0.1, -0.05) is 0 Å². The zero-order chi connectivity index (χ0) is 16.3. The third kappa shape index (κ3) is 4.27.